The monoisotopic (exact) mass is 268 g/mol. The Kier molecular flexibility index (Phi) is 3.04. The molecule has 0 amide bonds. The van der Waals surface area contributed by atoms with Crippen LogP contribution in [0.1, 0.15) is 0 Å². The van der Waals surface area contributed by atoms with Crippen molar-refractivity contribution in [3.63, 3.8) is 0 Å². The van der Waals surface area contributed by atoms with Gasteiger partial charge in [-0.25, -0.2) is 9.67 Å². The van der Waals surface area contributed by atoms with Crippen molar-refractivity contribution in [3.8, 4) is 17.3 Å². The van der Waals surface area contributed by atoms with Gasteiger partial charge in [0.15, 0.2) is 0 Å². The van der Waals surface area contributed by atoms with Crippen LogP contribution in [0.25, 0.3) is 5.69 Å². The molecule has 0 saturated carbocycles. The standard InChI is InChI=1S/C14H12N4O2/c1-17-10-8-15-13(14(17)19)20-12-5-3-11(4-6-12)18-9-2-7-16-18/h2-10H,1H3. The van der Waals surface area contributed by atoms with Gasteiger partial charge < -0.3 is 9.30 Å². The van der Waals surface area contributed by atoms with Crippen molar-refractivity contribution in [2.75, 3.05) is 0 Å². The average Bonchev–Trinajstić information content (AvgIpc) is 2.99. The number of hydrogen-bond acceptors (Lipinski definition) is 4. The Balaban J connectivity index is 1.85. The number of ether oxygens (including phenoxy) is 1. The normalized spacial score (nSPS) is 10.4. The second kappa shape index (κ2) is 5.00. The van der Waals surface area contributed by atoms with Crippen LogP contribution >= 0.6 is 0 Å². The van der Waals surface area contributed by atoms with Gasteiger partial charge in [-0.3, -0.25) is 4.79 Å². The Morgan fingerprint density at radius 3 is 2.60 bits per heavy atom. The zero-order valence-corrected chi connectivity index (χ0v) is 10.8. The fourth-order valence-corrected chi connectivity index (χ4v) is 1.74. The summed E-state index contributed by atoms with van der Waals surface area (Å²) in [5.74, 6) is 0.610. The molecule has 0 unspecified atom stereocenters. The van der Waals surface area contributed by atoms with Gasteiger partial charge in [0.25, 0.3) is 5.88 Å². The van der Waals surface area contributed by atoms with Gasteiger partial charge >= 0.3 is 5.56 Å². The lowest BCUT2D eigenvalue weighted by Crippen LogP contribution is -2.18. The Hall–Kier alpha value is -2.89. The molecular weight excluding hydrogens is 256 g/mol. The van der Waals surface area contributed by atoms with Crippen molar-refractivity contribution in [3.05, 3.63) is 65.5 Å². The smallest absolute Gasteiger partial charge is 0.313 e. The number of nitrogens with zero attached hydrogens (tertiary/aromatic N) is 4. The van der Waals surface area contributed by atoms with E-state index < -0.39 is 0 Å². The van der Waals surface area contributed by atoms with Gasteiger partial charge in [0.1, 0.15) is 5.75 Å². The maximum Gasteiger partial charge on any atom is 0.313 e. The molecule has 0 aliphatic rings. The molecule has 0 aliphatic carbocycles. The molecule has 6 nitrogen and oxygen atoms in total. The highest BCUT2D eigenvalue weighted by Crippen LogP contribution is 2.18. The van der Waals surface area contributed by atoms with Gasteiger partial charge in [-0.05, 0) is 30.3 Å². The van der Waals surface area contributed by atoms with Crippen molar-refractivity contribution in [1.82, 2.24) is 19.3 Å². The molecule has 0 fully saturated rings. The Bertz CT molecular complexity index is 761. The molecule has 2 aromatic heterocycles. The molecule has 20 heavy (non-hydrogen) atoms. The van der Waals surface area contributed by atoms with E-state index in [1.165, 1.54) is 10.8 Å². The van der Waals surface area contributed by atoms with Crippen molar-refractivity contribution >= 4 is 0 Å². The van der Waals surface area contributed by atoms with Crippen LogP contribution in [0.15, 0.2) is 59.9 Å². The van der Waals surface area contributed by atoms with Crippen molar-refractivity contribution in [1.29, 1.82) is 0 Å². The molecule has 3 aromatic rings. The Labute approximate surface area is 114 Å². The summed E-state index contributed by atoms with van der Waals surface area (Å²) in [6.07, 6.45) is 6.66. The highest BCUT2D eigenvalue weighted by molar-refractivity contribution is 5.37. The number of rotatable bonds is 3. The van der Waals surface area contributed by atoms with Crippen LogP contribution < -0.4 is 10.3 Å². The topological polar surface area (TPSA) is 61.9 Å². The quantitative estimate of drug-likeness (QED) is 0.726. The largest absolute Gasteiger partial charge is 0.435 e. The van der Waals surface area contributed by atoms with E-state index in [0.717, 1.165) is 5.69 Å². The van der Waals surface area contributed by atoms with E-state index in [2.05, 4.69) is 10.1 Å². The first-order chi connectivity index (χ1) is 9.74. The third-order valence-electron chi connectivity index (χ3n) is 2.81. The minimum absolute atomic E-state index is 0.0573. The number of aryl methyl sites for hydroxylation is 1. The highest BCUT2D eigenvalue weighted by Gasteiger charge is 2.05. The minimum atomic E-state index is -0.274. The zero-order valence-electron chi connectivity index (χ0n) is 10.8. The van der Waals surface area contributed by atoms with Gasteiger partial charge in [-0.15, -0.1) is 0 Å². The summed E-state index contributed by atoms with van der Waals surface area (Å²) in [6, 6.07) is 9.10. The molecule has 2 heterocycles. The third-order valence-corrected chi connectivity index (χ3v) is 2.81. The number of aromatic nitrogens is 4. The van der Waals surface area contributed by atoms with Gasteiger partial charge in [-0.2, -0.15) is 5.10 Å². The molecule has 0 N–H and O–H groups in total. The summed E-state index contributed by atoms with van der Waals surface area (Å²) in [5, 5.41) is 4.14. The first kappa shape index (κ1) is 12.2. The van der Waals surface area contributed by atoms with Crippen LogP contribution in [0.2, 0.25) is 0 Å². The van der Waals surface area contributed by atoms with E-state index >= 15 is 0 Å². The number of hydrogen-bond donors (Lipinski definition) is 0. The second-order valence-corrected chi connectivity index (χ2v) is 4.20. The van der Waals surface area contributed by atoms with Gasteiger partial charge in [-0.1, -0.05) is 0 Å². The van der Waals surface area contributed by atoms with Crippen molar-refractivity contribution in [2.45, 2.75) is 0 Å². The van der Waals surface area contributed by atoms with E-state index in [1.807, 2.05) is 24.4 Å². The summed E-state index contributed by atoms with van der Waals surface area (Å²) < 4.78 is 8.64. The van der Waals surface area contributed by atoms with E-state index in [0.29, 0.717) is 5.75 Å². The molecule has 100 valence electrons. The van der Waals surface area contributed by atoms with E-state index in [-0.39, 0.29) is 11.4 Å². The summed E-state index contributed by atoms with van der Waals surface area (Å²) >= 11 is 0. The molecule has 0 aliphatic heterocycles. The minimum Gasteiger partial charge on any atom is -0.435 e. The molecule has 0 atom stereocenters. The molecular formula is C14H12N4O2. The predicted molar refractivity (Wildman–Crippen MR) is 73.1 cm³/mol. The van der Waals surface area contributed by atoms with E-state index in [9.17, 15) is 4.79 Å². The van der Waals surface area contributed by atoms with Gasteiger partial charge in [0.2, 0.25) is 0 Å². The van der Waals surface area contributed by atoms with Gasteiger partial charge in [0.05, 0.1) is 5.69 Å². The summed E-state index contributed by atoms with van der Waals surface area (Å²) in [7, 11) is 1.65. The maximum absolute atomic E-state index is 11.8. The van der Waals surface area contributed by atoms with Gasteiger partial charge in [0, 0.05) is 31.8 Å². The second-order valence-electron chi connectivity index (χ2n) is 4.20. The fraction of sp³-hybridized carbons (Fsp3) is 0.0714. The lowest BCUT2D eigenvalue weighted by Gasteiger charge is -2.06. The van der Waals surface area contributed by atoms with Crippen LogP contribution in [-0.2, 0) is 7.05 Å². The van der Waals surface area contributed by atoms with Crippen LogP contribution in [0.4, 0.5) is 0 Å². The van der Waals surface area contributed by atoms with Crippen molar-refractivity contribution in [2.24, 2.45) is 7.05 Å². The average molecular weight is 268 g/mol. The van der Waals surface area contributed by atoms with Crippen LogP contribution in [0.3, 0.4) is 0 Å². The summed E-state index contributed by atoms with van der Waals surface area (Å²) in [4.78, 5) is 15.7. The maximum atomic E-state index is 11.8. The molecule has 3 rings (SSSR count). The predicted octanol–water partition coefficient (Wildman–Crippen LogP) is 1.76. The highest BCUT2D eigenvalue weighted by atomic mass is 16.5. The molecule has 0 spiro atoms. The molecule has 1 aromatic carbocycles. The molecule has 0 bridgehead atoms. The first-order valence-corrected chi connectivity index (χ1v) is 6.03. The van der Waals surface area contributed by atoms with Crippen molar-refractivity contribution < 1.29 is 4.74 Å². The molecule has 6 heteroatoms. The Morgan fingerprint density at radius 1 is 1.10 bits per heavy atom. The number of benzene rings is 1. The molecule has 0 radical (unpaired) electrons. The van der Waals surface area contributed by atoms with E-state index in [4.69, 9.17) is 4.74 Å². The lowest BCUT2D eigenvalue weighted by atomic mass is 10.3. The fourth-order valence-electron chi connectivity index (χ4n) is 1.74. The van der Waals surface area contributed by atoms with Crippen LogP contribution in [-0.4, -0.2) is 19.3 Å². The van der Waals surface area contributed by atoms with E-state index in [1.54, 1.807) is 36.3 Å². The summed E-state index contributed by atoms with van der Waals surface area (Å²) in [6.45, 7) is 0. The lowest BCUT2D eigenvalue weighted by molar-refractivity contribution is 0.448. The van der Waals surface area contributed by atoms with Crippen LogP contribution in [0.5, 0.6) is 11.6 Å². The SMILES string of the molecule is Cn1ccnc(Oc2ccc(-n3cccn3)cc2)c1=O. The first-order valence-electron chi connectivity index (χ1n) is 6.03. The third kappa shape index (κ3) is 2.31. The Morgan fingerprint density at radius 2 is 1.90 bits per heavy atom. The van der Waals surface area contributed by atoms with Crippen LogP contribution in [0, 0.1) is 0 Å². The zero-order chi connectivity index (χ0) is 13.9. The summed E-state index contributed by atoms with van der Waals surface area (Å²) in [5.41, 5.74) is 0.639. The molecule has 0 saturated heterocycles.